The topological polar surface area (TPSA) is 0 Å². The number of halogens is 1. The lowest BCUT2D eigenvalue weighted by molar-refractivity contribution is 1.06. The first kappa shape index (κ1) is 12.8. The van der Waals surface area contributed by atoms with Crippen molar-refractivity contribution in [3.8, 4) is 0 Å². The van der Waals surface area contributed by atoms with Gasteiger partial charge in [-0.05, 0) is 46.5 Å². The van der Waals surface area contributed by atoms with E-state index in [-0.39, 0.29) is 0 Å². The smallest absolute Gasteiger partial charge is 0.0285 e. The number of hydrogen-bond acceptors (Lipinski definition) is 0. The standard InChI is InChI=1S/C20H15Br/c1-13-10-15-12-16(21)7-9-18(15)20(11-13)19-8-6-14-4-2-3-5-17(14)19/h2-12,19H,1H3. The zero-order valence-corrected chi connectivity index (χ0v) is 13.4. The van der Waals surface area contributed by atoms with E-state index in [1.165, 1.54) is 33.0 Å². The van der Waals surface area contributed by atoms with Crippen LogP contribution in [0.5, 0.6) is 0 Å². The van der Waals surface area contributed by atoms with E-state index in [4.69, 9.17) is 0 Å². The summed E-state index contributed by atoms with van der Waals surface area (Å²) in [6.45, 7) is 2.18. The van der Waals surface area contributed by atoms with Crippen molar-refractivity contribution < 1.29 is 0 Å². The lowest BCUT2D eigenvalue weighted by Gasteiger charge is -2.16. The fourth-order valence-corrected chi connectivity index (χ4v) is 3.68. The van der Waals surface area contributed by atoms with Crippen LogP contribution in [0, 0.1) is 6.92 Å². The maximum atomic E-state index is 3.58. The second kappa shape index (κ2) is 4.85. The van der Waals surface area contributed by atoms with Crippen LogP contribution in [0.1, 0.15) is 28.2 Å². The molecular weight excluding hydrogens is 320 g/mol. The van der Waals surface area contributed by atoms with Gasteiger partial charge in [-0.2, -0.15) is 0 Å². The third-order valence-electron chi connectivity index (χ3n) is 4.23. The van der Waals surface area contributed by atoms with Crippen molar-refractivity contribution >= 4 is 32.8 Å². The maximum absolute atomic E-state index is 3.58. The highest BCUT2D eigenvalue weighted by atomic mass is 79.9. The molecule has 0 radical (unpaired) electrons. The molecule has 0 nitrogen and oxygen atoms in total. The second-order valence-corrected chi connectivity index (χ2v) is 6.60. The van der Waals surface area contributed by atoms with Crippen LogP contribution in [0.2, 0.25) is 0 Å². The highest BCUT2D eigenvalue weighted by Gasteiger charge is 2.20. The van der Waals surface area contributed by atoms with Gasteiger partial charge in [0, 0.05) is 10.4 Å². The van der Waals surface area contributed by atoms with Crippen LogP contribution < -0.4 is 0 Å². The average Bonchev–Trinajstić information content (AvgIpc) is 2.89. The predicted octanol–water partition coefficient (Wildman–Crippen LogP) is 6.07. The van der Waals surface area contributed by atoms with Gasteiger partial charge in [-0.3, -0.25) is 0 Å². The van der Waals surface area contributed by atoms with Crippen molar-refractivity contribution in [2.75, 3.05) is 0 Å². The molecule has 1 aliphatic rings. The molecule has 1 aliphatic carbocycles. The summed E-state index contributed by atoms with van der Waals surface area (Å²) in [5.74, 6) is 0.366. The van der Waals surface area contributed by atoms with E-state index in [1.54, 1.807) is 0 Å². The fourth-order valence-electron chi connectivity index (χ4n) is 3.30. The largest absolute Gasteiger partial charge is 0.0720 e. The summed E-state index contributed by atoms with van der Waals surface area (Å²) in [6, 6.07) is 19.8. The van der Waals surface area contributed by atoms with Crippen LogP contribution in [-0.4, -0.2) is 0 Å². The minimum atomic E-state index is 0.366. The first-order chi connectivity index (χ1) is 10.2. The Morgan fingerprint density at radius 3 is 2.67 bits per heavy atom. The Balaban J connectivity index is 1.98. The van der Waals surface area contributed by atoms with Gasteiger partial charge in [-0.1, -0.05) is 76.1 Å². The summed E-state index contributed by atoms with van der Waals surface area (Å²) in [5.41, 5.74) is 5.47. The maximum Gasteiger partial charge on any atom is 0.0285 e. The molecule has 4 rings (SSSR count). The normalized spacial score (nSPS) is 16.4. The molecule has 3 aromatic rings. The molecule has 102 valence electrons. The molecule has 1 unspecified atom stereocenters. The van der Waals surface area contributed by atoms with Crippen molar-refractivity contribution in [3.05, 3.63) is 87.4 Å². The Kier molecular flexibility index (Phi) is 2.97. The fraction of sp³-hybridized carbons (Fsp3) is 0.100. The summed E-state index contributed by atoms with van der Waals surface area (Å²) in [5, 5.41) is 2.65. The van der Waals surface area contributed by atoms with Gasteiger partial charge in [0.25, 0.3) is 0 Å². The monoisotopic (exact) mass is 334 g/mol. The van der Waals surface area contributed by atoms with E-state index < -0.39 is 0 Å². The van der Waals surface area contributed by atoms with E-state index >= 15 is 0 Å². The molecule has 0 aromatic heterocycles. The average molecular weight is 335 g/mol. The van der Waals surface area contributed by atoms with Crippen LogP contribution in [0.25, 0.3) is 16.8 Å². The molecule has 0 amide bonds. The van der Waals surface area contributed by atoms with E-state index in [0.717, 1.165) is 4.47 Å². The minimum Gasteiger partial charge on any atom is -0.0720 e. The zero-order valence-electron chi connectivity index (χ0n) is 11.8. The molecule has 1 heteroatoms. The SMILES string of the molecule is Cc1cc(C2C=Cc3ccccc32)c2ccc(Br)cc2c1. The Hall–Kier alpha value is -1.86. The summed E-state index contributed by atoms with van der Waals surface area (Å²) in [6.07, 6.45) is 4.56. The Morgan fingerprint density at radius 2 is 1.76 bits per heavy atom. The highest BCUT2D eigenvalue weighted by Crippen LogP contribution is 2.39. The van der Waals surface area contributed by atoms with E-state index in [1.807, 2.05) is 0 Å². The predicted molar refractivity (Wildman–Crippen MR) is 93.7 cm³/mol. The lowest BCUT2D eigenvalue weighted by Crippen LogP contribution is -1.98. The Morgan fingerprint density at radius 1 is 0.905 bits per heavy atom. The molecule has 0 aliphatic heterocycles. The Bertz CT molecular complexity index is 869. The van der Waals surface area contributed by atoms with Crippen molar-refractivity contribution in [1.29, 1.82) is 0 Å². The van der Waals surface area contributed by atoms with Gasteiger partial charge in [0.15, 0.2) is 0 Å². The van der Waals surface area contributed by atoms with Gasteiger partial charge in [0.2, 0.25) is 0 Å². The summed E-state index contributed by atoms with van der Waals surface area (Å²) >= 11 is 3.58. The third kappa shape index (κ3) is 2.13. The minimum absolute atomic E-state index is 0.366. The molecule has 0 heterocycles. The first-order valence-corrected chi connectivity index (χ1v) is 7.98. The molecule has 0 saturated carbocycles. The summed E-state index contributed by atoms with van der Waals surface area (Å²) in [7, 11) is 0. The lowest BCUT2D eigenvalue weighted by atomic mass is 9.88. The molecule has 1 atom stereocenters. The van der Waals surface area contributed by atoms with Gasteiger partial charge in [-0.25, -0.2) is 0 Å². The van der Waals surface area contributed by atoms with Crippen LogP contribution in [-0.2, 0) is 0 Å². The molecule has 0 spiro atoms. The number of hydrogen-bond donors (Lipinski definition) is 0. The molecule has 21 heavy (non-hydrogen) atoms. The van der Waals surface area contributed by atoms with Gasteiger partial charge < -0.3 is 0 Å². The molecule has 0 bridgehead atoms. The van der Waals surface area contributed by atoms with Crippen LogP contribution in [0.4, 0.5) is 0 Å². The van der Waals surface area contributed by atoms with Crippen LogP contribution in [0.3, 0.4) is 0 Å². The van der Waals surface area contributed by atoms with E-state index in [9.17, 15) is 0 Å². The van der Waals surface area contributed by atoms with Gasteiger partial charge in [-0.15, -0.1) is 0 Å². The first-order valence-electron chi connectivity index (χ1n) is 7.19. The van der Waals surface area contributed by atoms with Gasteiger partial charge in [0.05, 0.1) is 0 Å². The number of benzene rings is 3. The third-order valence-corrected chi connectivity index (χ3v) is 4.72. The van der Waals surface area contributed by atoms with Crippen LogP contribution in [0.15, 0.2) is 65.1 Å². The molecule has 0 saturated heterocycles. The zero-order chi connectivity index (χ0) is 14.4. The van der Waals surface area contributed by atoms with Crippen molar-refractivity contribution in [3.63, 3.8) is 0 Å². The molecule has 3 aromatic carbocycles. The van der Waals surface area contributed by atoms with E-state index in [2.05, 4.69) is 89.6 Å². The van der Waals surface area contributed by atoms with Gasteiger partial charge in [0.1, 0.15) is 0 Å². The number of fused-ring (bicyclic) bond motifs is 2. The number of aryl methyl sites for hydroxylation is 1. The van der Waals surface area contributed by atoms with E-state index in [0.29, 0.717) is 5.92 Å². The molecule has 0 N–H and O–H groups in total. The quantitative estimate of drug-likeness (QED) is 0.506. The molecular formula is C20H15Br. The van der Waals surface area contributed by atoms with Crippen LogP contribution >= 0.6 is 15.9 Å². The highest BCUT2D eigenvalue weighted by molar-refractivity contribution is 9.10. The second-order valence-electron chi connectivity index (χ2n) is 5.69. The van der Waals surface area contributed by atoms with Crippen molar-refractivity contribution in [2.24, 2.45) is 0 Å². The summed E-state index contributed by atoms with van der Waals surface area (Å²) in [4.78, 5) is 0. The van der Waals surface area contributed by atoms with Crippen molar-refractivity contribution in [2.45, 2.75) is 12.8 Å². The Labute approximate surface area is 133 Å². The van der Waals surface area contributed by atoms with Crippen molar-refractivity contribution in [1.82, 2.24) is 0 Å². The molecule has 0 fully saturated rings. The number of rotatable bonds is 1. The summed E-state index contributed by atoms with van der Waals surface area (Å²) < 4.78 is 1.13. The van der Waals surface area contributed by atoms with Gasteiger partial charge >= 0.3 is 0 Å². The number of allylic oxidation sites excluding steroid dienone is 1.